The maximum Gasteiger partial charge on any atom is 0.255 e. The Hall–Kier alpha value is -2.29. The summed E-state index contributed by atoms with van der Waals surface area (Å²) in [5.41, 5.74) is 8.60. The van der Waals surface area contributed by atoms with Gasteiger partial charge in [-0.25, -0.2) is 0 Å². The second-order valence-electron chi connectivity index (χ2n) is 7.89. The van der Waals surface area contributed by atoms with Crippen molar-refractivity contribution in [3.63, 3.8) is 0 Å². The molecule has 3 N–H and O–H groups in total. The molecule has 28 heavy (non-hydrogen) atoms. The van der Waals surface area contributed by atoms with Gasteiger partial charge in [-0.2, -0.15) is 0 Å². The highest BCUT2D eigenvalue weighted by Crippen LogP contribution is 2.28. The van der Waals surface area contributed by atoms with Crippen molar-refractivity contribution < 1.29 is 19.1 Å². The smallest absolute Gasteiger partial charge is 0.255 e. The second-order valence-corrected chi connectivity index (χ2v) is 7.89. The quantitative estimate of drug-likeness (QED) is 0.706. The number of imide groups is 1. The Balaban J connectivity index is 1.46. The van der Waals surface area contributed by atoms with Crippen LogP contribution >= 0.6 is 0 Å². The maximum absolute atomic E-state index is 12.9. The molecule has 1 aromatic carbocycles. The molecule has 3 aliphatic rings. The van der Waals surface area contributed by atoms with Crippen LogP contribution in [0.2, 0.25) is 0 Å². The number of hydrogen-bond donors (Lipinski definition) is 2. The number of nitrogens with one attached hydrogen (secondary N) is 1. The molecule has 0 radical (unpaired) electrons. The number of amides is 3. The molecule has 3 heterocycles. The minimum absolute atomic E-state index is 0.0211. The lowest BCUT2D eigenvalue weighted by Crippen LogP contribution is -2.52. The number of morpholine rings is 1. The van der Waals surface area contributed by atoms with Crippen molar-refractivity contribution in [3.8, 4) is 0 Å². The van der Waals surface area contributed by atoms with Crippen LogP contribution in [-0.2, 0) is 27.4 Å². The Morgan fingerprint density at radius 1 is 1.32 bits per heavy atom. The summed E-state index contributed by atoms with van der Waals surface area (Å²) in [4.78, 5) is 40.3. The molecule has 2 fully saturated rings. The summed E-state index contributed by atoms with van der Waals surface area (Å²) >= 11 is 0. The van der Waals surface area contributed by atoms with E-state index in [0.29, 0.717) is 25.1 Å². The third-order valence-electron chi connectivity index (χ3n) is 5.76. The molecule has 8 heteroatoms. The zero-order chi connectivity index (χ0) is 19.8. The molecule has 0 spiro atoms. The summed E-state index contributed by atoms with van der Waals surface area (Å²) in [5, 5.41) is 2.33. The minimum atomic E-state index is -0.577. The van der Waals surface area contributed by atoms with E-state index in [2.05, 4.69) is 10.2 Å². The third-order valence-corrected chi connectivity index (χ3v) is 5.76. The van der Waals surface area contributed by atoms with Gasteiger partial charge in [-0.3, -0.25) is 24.6 Å². The first-order valence-corrected chi connectivity index (χ1v) is 9.78. The SMILES string of the molecule is CC(N)C1CN(Cc2ccc3c(c2)C(=O)N(C2CCC(=O)NC2=O)C3)CCO1. The Morgan fingerprint density at radius 3 is 2.89 bits per heavy atom. The Morgan fingerprint density at radius 2 is 2.14 bits per heavy atom. The monoisotopic (exact) mass is 386 g/mol. The first-order valence-electron chi connectivity index (χ1n) is 9.78. The van der Waals surface area contributed by atoms with Crippen LogP contribution in [0.4, 0.5) is 0 Å². The number of piperidine rings is 1. The maximum atomic E-state index is 12.9. The molecule has 0 bridgehead atoms. The first-order chi connectivity index (χ1) is 13.4. The van der Waals surface area contributed by atoms with Gasteiger partial charge < -0.3 is 15.4 Å². The van der Waals surface area contributed by atoms with Crippen molar-refractivity contribution in [2.75, 3.05) is 19.7 Å². The fourth-order valence-corrected chi connectivity index (χ4v) is 4.15. The predicted octanol–water partition coefficient (Wildman–Crippen LogP) is -0.00440. The molecule has 150 valence electrons. The Bertz CT molecular complexity index is 809. The molecular weight excluding hydrogens is 360 g/mol. The summed E-state index contributed by atoms with van der Waals surface area (Å²) < 4.78 is 5.71. The van der Waals surface area contributed by atoms with E-state index in [9.17, 15) is 14.4 Å². The zero-order valence-corrected chi connectivity index (χ0v) is 16.0. The van der Waals surface area contributed by atoms with Crippen molar-refractivity contribution in [1.29, 1.82) is 0 Å². The lowest BCUT2D eigenvalue weighted by Gasteiger charge is -2.34. The first kappa shape index (κ1) is 19.0. The van der Waals surface area contributed by atoms with Crippen LogP contribution in [0.5, 0.6) is 0 Å². The molecule has 3 amide bonds. The van der Waals surface area contributed by atoms with Gasteiger partial charge in [-0.05, 0) is 30.5 Å². The van der Waals surface area contributed by atoms with Crippen LogP contribution in [0.15, 0.2) is 18.2 Å². The predicted molar refractivity (Wildman–Crippen MR) is 101 cm³/mol. The van der Waals surface area contributed by atoms with E-state index in [1.807, 2.05) is 25.1 Å². The molecule has 2 saturated heterocycles. The van der Waals surface area contributed by atoms with Crippen LogP contribution < -0.4 is 11.1 Å². The van der Waals surface area contributed by atoms with Gasteiger partial charge in [-0.1, -0.05) is 12.1 Å². The van der Waals surface area contributed by atoms with Gasteiger partial charge >= 0.3 is 0 Å². The highest BCUT2D eigenvalue weighted by atomic mass is 16.5. The van der Waals surface area contributed by atoms with Gasteiger partial charge in [-0.15, -0.1) is 0 Å². The summed E-state index contributed by atoms with van der Waals surface area (Å²) in [6.07, 6.45) is 0.663. The van der Waals surface area contributed by atoms with E-state index >= 15 is 0 Å². The number of carbonyl (C=O) groups excluding carboxylic acids is 3. The lowest BCUT2D eigenvalue weighted by molar-refractivity contribution is -0.136. The van der Waals surface area contributed by atoms with Gasteiger partial charge in [0, 0.05) is 44.2 Å². The Kier molecular flexibility index (Phi) is 5.18. The number of rotatable bonds is 4. The number of hydrogen-bond acceptors (Lipinski definition) is 6. The van der Waals surface area contributed by atoms with Crippen molar-refractivity contribution in [1.82, 2.24) is 15.1 Å². The lowest BCUT2D eigenvalue weighted by atomic mass is 10.0. The molecule has 0 saturated carbocycles. The average Bonchev–Trinajstić information content (AvgIpc) is 2.98. The van der Waals surface area contributed by atoms with E-state index in [1.54, 1.807) is 4.90 Å². The summed E-state index contributed by atoms with van der Waals surface area (Å²) in [7, 11) is 0. The summed E-state index contributed by atoms with van der Waals surface area (Å²) in [6, 6.07) is 5.34. The van der Waals surface area contributed by atoms with E-state index in [-0.39, 0.29) is 36.3 Å². The fraction of sp³-hybridized carbons (Fsp3) is 0.550. The average molecular weight is 386 g/mol. The van der Waals surface area contributed by atoms with Crippen molar-refractivity contribution in [2.45, 2.75) is 51.0 Å². The van der Waals surface area contributed by atoms with E-state index in [4.69, 9.17) is 10.5 Å². The van der Waals surface area contributed by atoms with E-state index in [0.717, 1.165) is 30.8 Å². The molecule has 1 aromatic rings. The Labute approximate surface area is 164 Å². The summed E-state index contributed by atoms with van der Waals surface area (Å²) in [6.45, 7) is 5.34. The van der Waals surface area contributed by atoms with Crippen LogP contribution in [0.3, 0.4) is 0 Å². The molecule has 3 atom stereocenters. The van der Waals surface area contributed by atoms with Crippen LogP contribution in [-0.4, -0.2) is 65.4 Å². The normalized spacial score (nSPS) is 26.9. The van der Waals surface area contributed by atoms with Crippen LogP contribution in [0.1, 0.15) is 41.3 Å². The molecule has 8 nitrogen and oxygen atoms in total. The number of fused-ring (bicyclic) bond motifs is 1. The van der Waals surface area contributed by atoms with Gasteiger partial charge in [0.05, 0.1) is 12.7 Å². The van der Waals surface area contributed by atoms with Crippen LogP contribution in [0.25, 0.3) is 0 Å². The van der Waals surface area contributed by atoms with Crippen molar-refractivity contribution in [3.05, 3.63) is 34.9 Å². The largest absolute Gasteiger partial charge is 0.374 e. The van der Waals surface area contributed by atoms with E-state index in [1.165, 1.54) is 0 Å². The number of nitrogens with zero attached hydrogens (tertiary/aromatic N) is 2. The zero-order valence-electron chi connectivity index (χ0n) is 16.0. The minimum Gasteiger partial charge on any atom is -0.374 e. The van der Waals surface area contributed by atoms with Gasteiger partial charge in [0.25, 0.3) is 5.91 Å². The number of carbonyl (C=O) groups is 3. The number of ether oxygens (including phenoxy) is 1. The fourth-order valence-electron chi connectivity index (χ4n) is 4.15. The highest BCUT2D eigenvalue weighted by Gasteiger charge is 2.39. The van der Waals surface area contributed by atoms with Gasteiger partial charge in [0.2, 0.25) is 11.8 Å². The highest BCUT2D eigenvalue weighted by molar-refractivity contribution is 6.05. The molecular formula is C20H26N4O4. The molecule has 3 unspecified atom stereocenters. The number of benzene rings is 1. The standard InChI is InChI=1S/C20H26N4O4/c1-12(21)17-11-23(6-7-28-17)9-13-2-3-14-10-24(20(27)15(14)8-13)16-4-5-18(25)22-19(16)26/h2-3,8,12,16-17H,4-7,9-11,21H2,1H3,(H,22,25,26). The molecule has 4 rings (SSSR count). The second kappa shape index (κ2) is 7.62. The number of nitrogens with two attached hydrogens (primary N) is 1. The van der Waals surface area contributed by atoms with Crippen molar-refractivity contribution in [2.24, 2.45) is 5.73 Å². The molecule has 0 aromatic heterocycles. The topological polar surface area (TPSA) is 105 Å². The third kappa shape index (κ3) is 3.67. The van der Waals surface area contributed by atoms with Gasteiger partial charge in [0.15, 0.2) is 0 Å². The van der Waals surface area contributed by atoms with E-state index < -0.39 is 6.04 Å². The molecule has 3 aliphatic heterocycles. The summed E-state index contributed by atoms with van der Waals surface area (Å²) in [5.74, 6) is -0.794. The van der Waals surface area contributed by atoms with Crippen molar-refractivity contribution >= 4 is 17.7 Å². The van der Waals surface area contributed by atoms with Crippen LogP contribution in [0, 0.1) is 0 Å². The molecule has 0 aliphatic carbocycles. The van der Waals surface area contributed by atoms with Gasteiger partial charge in [0.1, 0.15) is 6.04 Å².